The fourth-order valence-corrected chi connectivity index (χ4v) is 2.88. The summed E-state index contributed by atoms with van der Waals surface area (Å²) in [5.41, 5.74) is -0.848. The van der Waals surface area contributed by atoms with Gasteiger partial charge in [0.2, 0.25) is 10.0 Å². The van der Waals surface area contributed by atoms with Crippen LogP contribution in [0.5, 0.6) is 0 Å². The molecule has 1 aliphatic rings. The van der Waals surface area contributed by atoms with Crippen molar-refractivity contribution < 1.29 is 21.6 Å². The maximum Gasteiger partial charge on any atom is 0.416 e. The highest BCUT2D eigenvalue weighted by Gasteiger charge is 2.32. The molecule has 0 unspecified atom stereocenters. The molecule has 0 aromatic heterocycles. The van der Waals surface area contributed by atoms with Crippen LogP contribution >= 0.6 is 0 Å². The molecule has 1 aromatic carbocycles. The van der Waals surface area contributed by atoms with Gasteiger partial charge in [0.25, 0.3) is 0 Å². The van der Waals surface area contributed by atoms with E-state index in [0.717, 1.165) is 18.9 Å². The molecule has 1 aromatic rings. The molecule has 0 atom stereocenters. The van der Waals surface area contributed by atoms with Crippen molar-refractivity contribution in [3.8, 4) is 0 Å². The summed E-state index contributed by atoms with van der Waals surface area (Å²) in [7, 11) is -3.66. The van der Waals surface area contributed by atoms with Crippen LogP contribution in [0.1, 0.15) is 24.0 Å². The van der Waals surface area contributed by atoms with Crippen molar-refractivity contribution in [2.45, 2.75) is 32.0 Å². The van der Waals surface area contributed by atoms with Gasteiger partial charge < -0.3 is 5.32 Å². The Kier molecular flexibility index (Phi) is 4.48. The predicted octanol–water partition coefficient (Wildman–Crippen LogP) is 2.51. The van der Waals surface area contributed by atoms with Gasteiger partial charge in [-0.2, -0.15) is 13.2 Å². The maximum atomic E-state index is 12.8. The van der Waals surface area contributed by atoms with Gasteiger partial charge in [0.1, 0.15) is 0 Å². The van der Waals surface area contributed by atoms with E-state index < -0.39 is 21.8 Å². The van der Waals surface area contributed by atoms with Crippen molar-refractivity contribution in [3.63, 3.8) is 0 Å². The molecule has 1 aliphatic carbocycles. The van der Waals surface area contributed by atoms with Crippen LogP contribution in [0.15, 0.2) is 18.2 Å². The number of halogens is 3. The molecule has 0 saturated heterocycles. The molecule has 2 N–H and O–H groups in total. The summed E-state index contributed by atoms with van der Waals surface area (Å²) in [6.07, 6.45) is -2.42. The van der Waals surface area contributed by atoms with Crippen LogP contribution in [0.3, 0.4) is 0 Å². The summed E-state index contributed by atoms with van der Waals surface area (Å²) in [5.74, 6) is -0.168. The molecule has 1 fully saturated rings. The van der Waals surface area contributed by atoms with Crippen LogP contribution in [-0.2, 0) is 16.2 Å². The summed E-state index contributed by atoms with van der Waals surface area (Å²) >= 11 is 0. The highest BCUT2D eigenvalue weighted by Crippen LogP contribution is 2.33. The first-order valence-electron chi connectivity index (χ1n) is 6.59. The summed E-state index contributed by atoms with van der Waals surface area (Å²) in [6, 6.07) is 3.79. The minimum absolute atomic E-state index is 0.0563. The van der Waals surface area contributed by atoms with Gasteiger partial charge in [-0.1, -0.05) is 6.07 Å². The van der Waals surface area contributed by atoms with E-state index in [0.29, 0.717) is 6.04 Å². The van der Waals surface area contributed by atoms with Crippen LogP contribution in [-0.4, -0.2) is 26.8 Å². The lowest BCUT2D eigenvalue weighted by Gasteiger charge is -2.13. The lowest BCUT2D eigenvalue weighted by atomic mass is 10.1. The van der Waals surface area contributed by atoms with E-state index in [-0.39, 0.29) is 23.5 Å². The minimum atomic E-state index is -4.50. The van der Waals surface area contributed by atoms with E-state index in [2.05, 4.69) is 10.0 Å². The molecule has 0 aliphatic heterocycles. The van der Waals surface area contributed by atoms with Crippen molar-refractivity contribution in [3.05, 3.63) is 29.3 Å². The largest absolute Gasteiger partial charge is 0.416 e. The van der Waals surface area contributed by atoms with Crippen molar-refractivity contribution in [1.29, 1.82) is 0 Å². The van der Waals surface area contributed by atoms with Crippen LogP contribution < -0.4 is 10.0 Å². The van der Waals surface area contributed by atoms with Gasteiger partial charge in [-0.15, -0.1) is 0 Å². The third kappa shape index (κ3) is 4.89. The van der Waals surface area contributed by atoms with Crippen LogP contribution in [0, 0.1) is 6.92 Å². The minimum Gasteiger partial charge on any atom is -0.313 e. The van der Waals surface area contributed by atoms with Crippen LogP contribution in [0.25, 0.3) is 0 Å². The van der Waals surface area contributed by atoms with E-state index >= 15 is 0 Å². The molecule has 0 radical (unpaired) electrons. The number of nitrogens with one attached hydrogen (secondary N) is 2. The normalized spacial score (nSPS) is 16.0. The molecular weight excluding hydrogens is 305 g/mol. The van der Waals surface area contributed by atoms with Crippen molar-refractivity contribution in [2.24, 2.45) is 0 Å². The first-order chi connectivity index (χ1) is 9.67. The molecule has 118 valence electrons. The van der Waals surface area contributed by atoms with Crippen molar-refractivity contribution >= 4 is 15.7 Å². The Balaban J connectivity index is 2.04. The number of hydrogen-bond donors (Lipinski definition) is 2. The van der Waals surface area contributed by atoms with E-state index in [1.807, 2.05) is 0 Å². The molecule has 0 heterocycles. The molecular formula is C13H17F3N2O2S. The molecule has 0 bridgehead atoms. The average molecular weight is 322 g/mol. The first kappa shape index (κ1) is 16.1. The van der Waals surface area contributed by atoms with Crippen LogP contribution in [0.4, 0.5) is 18.9 Å². The SMILES string of the molecule is Cc1ccc(NS(=O)(=O)CCNC2CC2)cc1C(F)(F)F. The smallest absolute Gasteiger partial charge is 0.313 e. The second-order valence-electron chi connectivity index (χ2n) is 5.18. The van der Waals surface area contributed by atoms with E-state index in [1.165, 1.54) is 19.1 Å². The summed E-state index contributed by atoms with van der Waals surface area (Å²) < 4.78 is 64.1. The molecule has 2 rings (SSSR count). The third-order valence-corrected chi connectivity index (χ3v) is 4.49. The number of hydrogen-bond acceptors (Lipinski definition) is 3. The van der Waals surface area contributed by atoms with Gasteiger partial charge in [0, 0.05) is 18.3 Å². The van der Waals surface area contributed by atoms with Gasteiger partial charge in [-0.25, -0.2) is 8.42 Å². The Morgan fingerprint density at radius 2 is 1.95 bits per heavy atom. The highest BCUT2D eigenvalue weighted by molar-refractivity contribution is 7.92. The second-order valence-corrected chi connectivity index (χ2v) is 7.02. The summed E-state index contributed by atoms with van der Waals surface area (Å²) in [4.78, 5) is 0. The Morgan fingerprint density at radius 3 is 2.52 bits per heavy atom. The Bertz CT molecular complexity index is 610. The molecule has 21 heavy (non-hydrogen) atoms. The fraction of sp³-hybridized carbons (Fsp3) is 0.538. The summed E-state index contributed by atoms with van der Waals surface area (Å²) in [5, 5.41) is 3.04. The number of alkyl halides is 3. The maximum absolute atomic E-state index is 12.8. The van der Waals surface area contributed by atoms with Gasteiger partial charge >= 0.3 is 6.18 Å². The van der Waals surface area contributed by atoms with Gasteiger partial charge in [-0.05, 0) is 37.5 Å². The molecule has 1 saturated carbocycles. The molecule has 4 nitrogen and oxygen atoms in total. The zero-order chi connectivity index (χ0) is 15.7. The average Bonchev–Trinajstić information content (AvgIpc) is 3.13. The monoisotopic (exact) mass is 322 g/mol. The van der Waals surface area contributed by atoms with Crippen molar-refractivity contribution in [1.82, 2.24) is 5.32 Å². The highest BCUT2D eigenvalue weighted by atomic mass is 32.2. The van der Waals surface area contributed by atoms with E-state index in [1.54, 1.807) is 0 Å². The quantitative estimate of drug-likeness (QED) is 0.846. The third-order valence-electron chi connectivity index (χ3n) is 3.20. The zero-order valence-electron chi connectivity index (χ0n) is 11.5. The number of anilines is 1. The Labute approximate surface area is 121 Å². The summed E-state index contributed by atoms with van der Waals surface area (Å²) in [6.45, 7) is 1.62. The topological polar surface area (TPSA) is 58.2 Å². The Hall–Kier alpha value is -1.28. The standard InChI is InChI=1S/C13H17F3N2O2S/c1-9-2-3-11(8-12(9)13(14,15)16)18-21(19,20)7-6-17-10-4-5-10/h2-3,8,10,17-18H,4-7H2,1H3. The number of rotatable bonds is 6. The van der Waals surface area contributed by atoms with Crippen LogP contribution in [0.2, 0.25) is 0 Å². The van der Waals surface area contributed by atoms with Gasteiger partial charge in [0.05, 0.1) is 11.3 Å². The predicted molar refractivity (Wildman–Crippen MR) is 74.6 cm³/mol. The lowest BCUT2D eigenvalue weighted by Crippen LogP contribution is -2.28. The lowest BCUT2D eigenvalue weighted by molar-refractivity contribution is -0.138. The van der Waals surface area contributed by atoms with E-state index in [4.69, 9.17) is 0 Å². The van der Waals surface area contributed by atoms with Gasteiger partial charge in [-0.3, -0.25) is 4.72 Å². The molecule has 0 amide bonds. The fourth-order valence-electron chi connectivity index (χ4n) is 1.91. The second kappa shape index (κ2) is 5.84. The first-order valence-corrected chi connectivity index (χ1v) is 8.24. The zero-order valence-corrected chi connectivity index (χ0v) is 12.3. The Morgan fingerprint density at radius 1 is 1.29 bits per heavy atom. The number of sulfonamides is 1. The van der Waals surface area contributed by atoms with Gasteiger partial charge in [0.15, 0.2) is 0 Å². The number of benzene rings is 1. The molecule has 8 heteroatoms. The molecule has 0 spiro atoms. The van der Waals surface area contributed by atoms with E-state index in [9.17, 15) is 21.6 Å². The van der Waals surface area contributed by atoms with Crippen molar-refractivity contribution in [2.75, 3.05) is 17.0 Å². The number of aryl methyl sites for hydroxylation is 1.